The predicted molar refractivity (Wildman–Crippen MR) is 86.0 cm³/mol. The van der Waals surface area contributed by atoms with E-state index in [0.29, 0.717) is 11.3 Å². The fourth-order valence-electron chi connectivity index (χ4n) is 2.26. The molecule has 3 rings (SSSR count). The molecule has 4 nitrogen and oxygen atoms in total. The summed E-state index contributed by atoms with van der Waals surface area (Å²) in [6, 6.07) is 14.1. The molecule has 0 fully saturated rings. The van der Waals surface area contributed by atoms with Gasteiger partial charge in [-0.05, 0) is 40.9 Å². The first kappa shape index (κ1) is 13.7. The Morgan fingerprint density at radius 2 is 1.95 bits per heavy atom. The van der Waals surface area contributed by atoms with Gasteiger partial charge in [0.2, 0.25) is 0 Å². The highest BCUT2D eigenvalue weighted by molar-refractivity contribution is 7.08. The van der Waals surface area contributed by atoms with Gasteiger partial charge in [0, 0.05) is 12.7 Å². The van der Waals surface area contributed by atoms with E-state index in [1.165, 1.54) is 0 Å². The van der Waals surface area contributed by atoms with Gasteiger partial charge in [-0.3, -0.25) is 4.79 Å². The summed E-state index contributed by atoms with van der Waals surface area (Å²) < 4.78 is 3.88. The molecule has 0 aliphatic heterocycles. The van der Waals surface area contributed by atoms with Gasteiger partial charge in [-0.2, -0.15) is 0 Å². The second-order valence-electron chi connectivity index (χ2n) is 4.80. The number of aromatic nitrogens is 2. The lowest BCUT2D eigenvalue weighted by molar-refractivity contribution is 0.0996. The van der Waals surface area contributed by atoms with Crippen LogP contribution in [0, 0.1) is 0 Å². The maximum Gasteiger partial charge on any atom is 0.271 e. The zero-order valence-corrected chi connectivity index (χ0v) is 12.7. The molecule has 0 N–H and O–H groups in total. The smallest absolute Gasteiger partial charge is 0.271 e. The minimum atomic E-state index is -0.0582. The number of carbonyl (C=O) groups excluding carboxylic acids is 1. The molecule has 5 heteroatoms. The summed E-state index contributed by atoms with van der Waals surface area (Å²) in [6.45, 7) is 1.98. The highest BCUT2D eigenvalue weighted by Crippen LogP contribution is 2.24. The number of carbonyl (C=O) groups is 1. The summed E-state index contributed by atoms with van der Waals surface area (Å²) in [4.78, 5) is 14.9. The van der Waals surface area contributed by atoms with Gasteiger partial charge in [-0.25, -0.2) is 0 Å². The Morgan fingerprint density at radius 1 is 1.19 bits per heavy atom. The Bertz CT molecular complexity index is 797. The van der Waals surface area contributed by atoms with Crippen LogP contribution in [-0.4, -0.2) is 22.5 Å². The first-order valence-corrected chi connectivity index (χ1v) is 7.56. The molecule has 0 aliphatic carbocycles. The number of rotatable bonds is 3. The molecule has 0 atom stereocenters. The van der Waals surface area contributed by atoms with Gasteiger partial charge in [0.1, 0.15) is 4.88 Å². The second-order valence-corrected chi connectivity index (χ2v) is 5.55. The summed E-state index contributed by atoms with van der Waals surface area (Å²) in [7, 11) is 1.78. The summed E-state index contributed by atoms with van der Waals surface area (Å²) in [5.41, 5.74) is 1.63. The fourth-order valence-corrected chi connectivity index (χ4v) is 2.98. The molecule has 3 aromatic rings. The molecule has 0 spiro atoms. The van der Waals surface area contributed by atoms with Gasteiger partial charge >= 0.3 is 0 Å². The molecule has 1 amide bonds. The molecule has 0 radical (unpaired) electrons. The minimum Gasteiger partial charge on any atom is -0.311 e. The zero-order valence-electron chi connectivity index (χ0n) is 11.9. The number of fused-ring (bicyclic) bond motifs is 1. The van der Waals surface area contributed by atoms with E-state index in [1.807, 2.05) is 43.3 Å². The summed E-state index contributed by atoms with van der Waals surface area (Å²) in [5.74, 6) is -0.0582. The van der Waals surface area contributed by atoms with E-state index in [4.69, 9.17) is 0 Å². The molecule has 106 valence electrons. The second kappa shape index (κ2) is 5.61. The zero-order chi connectivity index (χ0) is 14.8. The lowest BCUT2D eigenvalue weighted by Crippen LogP contribution is -2.26. The average Bonchev–Trinajstić information content (AvgIpc) is 3.01. The van der Waals surface area contributed by atoms with Gasteiger partial charge in [0.05, 0.1) is 5.69 Å². The third-order valence-electron chi connectivity index (χ3n) is 3.51. The van der Waals surface area contributed by atoms with Crippen LogP contribution < -0.4 is 4.90 Å². The normalized spacial score (nSPS) is 10.8. The van der Waals surface area contributed by atoms with E-state index in [0.717, 1.165) is 33.7 Å². The van der Waals surface area contributed by atoms with E-state index in [1.54, 1.807) is 11.9 Å². The van der Waals surface area contributed by atoms with Crippen molar-refractivity contribution in [2.24, 2.45) is 0 Å². The molecular formula is C16H15N3OS. The maximum absolute atomic E-state index is 12.6. The van der Waals surface area contributed by atoms with Crippen molar-refractivity contribution < 1.29 is 4.79 Å². The van der Waals surface area contributed by atoms with Crippen LogP contribution in [0.4, 0.5) is 5.69 Å². The van der Waals surface area contributed by atoms with Crippen LogP contribution in [-0.2, 0) is 6.42 Å². The van der Waals surface area contributed by atoms with Crippen molar-refractivity contribution in [3.8, 4) is 0 Å². The van der Waals surface area contributed by atoms with Crippen molar-refractivity contribution in [2.45, 2.75) is 13.3 Å². The van der Waals surface area contributed by atoms with Crippen LogP contribution in [0.3, 0.4) is 0 Å². The molecule has 0 aliphatic rings. The van der Waals surface area contributed by atoms with Gasteiger partial charge in [-0.15, -0.1) is 5.10 Å². The highest BCUT2D eigenvalue weighted by atomic mass is 32.1. The molecule has 0 unspecified atom stereocenters. The van der Waals surface area contributed by atoms with Gasteiger partial charge in [-0.1, -0.05) is 41.7 Å². The standard InChI is InChI=1S/C16H15N3OS/c1-3-14-15(21-18-17-14)16(20)19(2)13-9-8-11-6-4-5-7-12(11)10-13/h4-10H,3H2,1-2H3. The first-order chi connectivity index (χ1) is 10.2. The number of anilines is 1. The van der Waals surface area contributed by atoms with E-state index in [-0.39, 0.29) is 5.91 Å². The van der Waals surface area contributed by atoms with Crippen molar-refractivity contribution >= 4 is 33.9 Å². The molecule has 0 saturated carbocycles. The Hall–Kier alpha value is -2.27. The van der Waals surface area contributed by atoms with Crippen LogP contribution in [0.25, 0.3) is 10.8 Å². The Kier molecular flexibility index (Phi) is 3.66. The Morgan fingerprint density at radius 3 is 2.71 bits per heavy atom. The molecule has 21 heavy (non-hydrogen) atoms. The number of hydrogen-bond donors (Lipinski definition) is 0. The van der Waals surface area contributed by atoms with Crippen molar-refractivity contribution in [3.63, 3.8) is 0 Å². The third-order valence-corrected chi connectivity index (χ3v) is 4.27. The number of nitrogens with zero attached hydrogens (tertiary/aromatic N) is 3. The summed E-state index contributed by atoms with van der Waals surface area (Å²) >= 11 is 1.16. The van der Waals surface area contributed by atoms with Gasteiger partial charge < -0.3 is 4.90 Å². The van der Waals surface area contributed by atoms with E-state index < -0.39 is 0 Å². The predicted octanol–water partition coefficient (Wildman–Crippen LogP) is 3.53. The van der Waals surface area contributed by atoms with E-state index in [9.17, 15) is 4.79 Å². The van der Waals surface area contributed by atoms with Gasteiger partial charge in [0.25, 0.3) is 5.91 Å². The third kappa shape index (κ3) is 2.52. The van der Waals surface area contributed by atoms with Crippen molar-refractivity contribution in [1.82, 2.24) is 9.59 Å². The lowest BCUT2D eigenvalue weighted by Gasteiger charge is -2.17. The number of aryl methyl sites for hydroxylation is 1. The molecule has 0 saturated heterocycles. The first-order valence-electron chi connectivity index (χ1n) is 6.78. The molecule has 1 heterocycles. The molecule has 2 aromatic carbocycles. The minimum absolute atomic E-state index is 0.0582. The van der Waals surface area contributed by atoms with Crippen LogP contribution in [0.5, 0.6) is 0 Å². The van der Waals surface area contributed by atoms with Crippen LogP contribution in [0.1, 0.15) is 22.3 Å². The Labute approximate surface area is 127 Å². The lowest BCUT2D eigenvalue weighted by atomic mass is 10.1. The largest absolute Gasteiger partial charge is 0.311 e. The maximum atomic E-state index is 12.6. The molecular weight excluding hydrogens is 282 g/mol. The molecule has 1 aromatic heterocycles. The molecule has 0 bridgehead atoms. The van der Waals surface area contributed by atoms with Gasteiger partial charge in [0.15, 0.2) is 0 Å². The average molecular weight is 297 g/mol. The number of amides is 1. The SMILES string of the molecule is CCc1nnsc1C(=O)N(C)c1ccc2ccccc2c1. The quantitative estimate of drug-likeness (QED) is 0.743. The topological polar surface area (TPSA) is 46.1 Å². The number of benzene rings is 2. The van der Waals surface area contributed by atoms with E-state index >= 15 is 0 Å². The Balaban J connectivity index is 1.96. The summed E-state index contributed by atoms with van der Waals surface area (Å²) in [6.07, 6.45) is 0.711. The number of hydrogen-bond acceptors (Lipinski definition) is 4. The van der Waals surface area contributed by atoms with E-state index in [2.05, 4.69) is 15.7 Å². The summed E-state index contributed by atoms with van der Waals surface area (Å²) in [5, 5.41) is 6.28. The monoisotopic (exact) mass is 297 g/mol. The fraction of sp³-hybridized carbons (Fsp3) is 0.188. The van der Waals surface area contributed by atoms with Crippen LogP contribution in [0.15, 0.2) is 42.5 Å². The van der Waals surface area contributed by atoms with Crippen molar-refractivity contribution in [3.05, 3.63) is 53.0 Å². The van der Waals surface area contributed by atoms with Crippen LogP contribution >= 0.6 is 11.5 Å². The highest BCUT2D eigenvalue weighted by Gasteiger charge is 2.20. The van der Waals surface area contributed by atoms with Crippen molar-refractivity contribution in [1.29, 1.82) is 0 Å². The van der Waals surface area contributed by atoms with Crippen LogP contribution in [0.2, 0.25) is 0 Å². The van der Waals surface area contributed by atoms with Crippen molar-refractivity contribution in [2.75, 3.05) is 11.9 Å².